The first-order valence-electron chi connectivity index (χ1n) is 13.1. The standard InChI is InChI=1S/C31H38ClNO6/c1-5-22(16-29(35)28(19-34)33-30(36)39-31(2,3)4)26-15-14-25(18-27(26)32)38-24-13-9-12-23(17-24)37-20-21-10-7-6-8-11-21/h6-15,17-18,22,28-29,34-35H,5,16,19-20H2,1-4H3,(H,33,36). The number of benzene rings is 3. The average Bonchev–Trinajstić information content (AvgIpc) is 2.89. The van der Waals surface area contributed by atoms with E-state index in [1.165, 1.54) is 0 Å². The van der Waals surface area contributed by atoms with Crippen molar-refractivity contribution >= 4 is 17.7 Å². The molecule has 3 N–H and O–H groups in total. The molecule has 0 bridgehead atoms. The van der Waals surface area contributed by atoms with Crippen molar-refractivity contribution in [3.63, 3.8) is 0 Å². The molecular weight excluding hydrogens is 518 g/mol. The summed E-state index contributed by atoms with van der Waals surface area (Å²) in [6, 6.07) is 21.9. The molecular formula is C31H38ClNO6. The van der Waals surface area contributed by atoms with Crippen molar-refractivity contribution < 1.29 is 29.2 Å². The zero-order valence-electron chi connectivity index (χ0n) is 22.9. The summed E-state index contributed by atoms with van der Waals surface area (Å²) in [7, 11) is 0. The van der Waals surface area contributed by atoms with Crippen molar-refractivity contribution in [3.8, 4) is 17.2 Å². The van der Waals surface area contributed by atoms with Crippen LogP contribution in [0.3, 0.4) is 0 Å². The number of carbonyl (C=O) groups is 1. The fourth-order valence-electron chi connectivity index (χ4n) is 4.10. The van der Waals surface area contributed by atoms with Gasteiger partial charge in [0.05, 0.1) is 18.8 Å². The molecule has 3 aromatic carbocycles. The van der Waals surface area contributed by atoms with Crippen molar-refractivity contribution in [2.75, 3.05) is 6.61 Å². The van der Waals surface area contributed by atoms with Crippen molar-refractivity contribution in [2.45, 2.75) is 70.8 Å². The van der Waals surface area contributed by atoms with Crippen LogP contribution in [0.1, 0.15) is 57.6 Å². The summed E-state index contributed by atoms with van der Waals surface area (Å²) in [5, 5.41) is 23.6. The summed E-state index contributed by atoms with van der Waals surface area (Å²) in [5.41, 5.74) is 1.24. The number of ether oxygens (including phenoxy) is 3. The van der Waals surface area contributed by atoms with Gasteiger partial charge in [-0.05, 0) is 74.9 Å². The van der Waals surface area contributed by atoms with Crippen LogP contribution in [0.25, 0.3) is 0 Å². The Kier molecular flexibility index (Phi) is 11.0. The van der Waals surface area contributed by atoms with Gasteiger partial charge in [0.1, 0.15) is 29.5 Å². The molecule has 3 unspecified atom stereocenters. The zero-order chi connectivity index (χ0) is 28.4. The lowest BCUT2D eigenvalue weighted by Gasteiger charge is -2.28. The maximum Gasteiger partial charge on any atom is 0.408 e. The molecule has 0 aliphatic rings. The lowest BCUT2D eigenvalue weighted by Crippen LogP contribution is -2.48. The highest BCUT2D eigenvalue weighted by molar-refractivity contribution is 6.31. The monoisotopic (exact) mass is 555 g/mol. The molecule has 0 saturated carbocycles. The van der Waals surface area contributed by atoms with Gasteiger partial charge in [-0.2, -0.15) is 0 Å². The number of aliphatic hydroxyl groups excluding tert-OH is 2. The predicted molar refractivity (Wildman–Crippen MR) is 153 cm³/mol. The smallest absolute Gasteiger partial charge is 0.408 e. The highest BCUT2D eigenvalue weighted by Crippen LogP contribution is 2.35. The van der Waals surface area contributed by atoms with Gasteiger partial charge in [-0.3, -0.25) is 0 Å². The van der Waals surface area contributed by atoms with Crippen molar-refractivity contribution in [3.05, 3.63) is 88.9 Å². The van der Waals surface area contributed by atoms with Gasteiger partial charge in [-0.1, -0.05) is 61.0 Å². The Morgan fingerprint density at radius 2 is 1.67 bits per heavy atom. The third-order valence-electron chi connectivity index (χ3n) is 6.08. The molecule has 210 valence electrons. The molecule has 7 nitrogen and oxygen atoms in total. The van der Waals surface area contributed by atoms with Crippen LogP contribution in [0.4, 0.5) is 4.79 Å². The van der Waals surface area contributed by atoms with Gasteiger partial charge in [-0.15, -0.1) is 0 Å². The van der Waals surface area contributed by atoms with Crippen LogP contribution >= 0.6 is 11.6 Å². The third kappa shape index (κ3) is 9.77. The van der Waals surface area contributed by atoms with Gasteiger partial charge < -0.3 is 29.7 Å². The van der Waals surface area contributed by atoms with Crippen LogP contribution < -0.4 is 14.8 Å². The van der Waals surface area contributed by atoms with E-state index in [9.17, 15) is 15.0 Å². The third-order valence-corrected chi connectivity index (χ3v) is 6.41. The van der Waals surface area contributed by atoms with Crippen molar-refractivity contribution in [2.24, 2.45) is 0 Å². The van der Waals surface area contributed by atoms with Crippen LogP contribution in [-0.4, -0.2) is 40.7 Å². The first-order valence-corrected chi connectivity index (χ1v) is 13.5. The maximum absolute atomic E-state index is 12.1. The molecule has 3 aromatic rings. The van der Waals surface area contributed by atoms with E-state index in [0.29, 0.717) is 35.3 Å². The number of aliphatic hydroxyl groups is 2. The fourth-order valence-corrected chi connectivity index (χ4v) is 4.42. The van der Waals surface area contributed by atoms with Crippen LogP contribution in [0.15, 0.2) is 72.8 Å². The molecule has 39 heavy (non-hydrogen) atoms. The largest absolute Gasteiger partial charge is 0.489 e. The predicted octanol–water partition coefficient (Wildman–Crippen LogP) is 6.84. The Morgan fingerprint density at radius 1 is 0.974 bits per heavy atom. The van der Waals surface area contributed by atoms with Crippen LogP contribution in [0, 0.1) is 0 Å². The number of hydrogen-bond acceptors (Lipinski definition) is 6. The lowest BCUT2D eigenvalue weighted by atomic mass is 9.88. The first-order chi connectivity index (χ1) is 18.6. The van der Waals surface area contributed by atoms with E-state index in [0.717, 1.165) is 11.1 Å². The minimum absolute atomic E-state index is 0.106. The summed E-state index contributed by atoms with van der Waals surface area (Å²) in [6.07, 6.45) is -0.707. The van der Waals surface area contributed by atoms with Crippen LogP contribution in [0.2, 0.25) is 5.02 Å². The van der Waals surface area contributed by atoms with E-state index < -0.39 is 30.4 Å². The second-order valence-corrected chi connectivity index (χ2v) is 10.8. The fraction of sp³-hybridized carbons (Fsp3) is 0.387. The highest BCUT2D eigenvalue weighted by Gasteiger charge is 2.27. The number of nitrogens with one attached hydrogen (secondary N) is 1. The highest BCUT2D eigenvalue weighted by atomic mass is 35.5. The second-order valence-electron chi connectivity index (χ2n) is 10.4. The minimum Gasteiger partial charge on any atom is -0.489 e. The molecule has 3 rings (SSSR count). The molecule has 0 aliphatic heterocycles. The van der Waals surface area contributed by atoms with Gasteiger partial charge in [0.15, 0.2) is 0 Å². The van der Waals surface area contributed by atoms with Crippen LogP contribution in [0.5, 0.6) is 17.2 Å². The summed E-state index contributed by atoms with van der Waals surface area (Å²) in [5.74, 6) is 1.77. The number of rotatable bonds is 12. The van der Waals surface area contributed by atoms with E-state index in [-0.39, 0.29) is 12.3 Å². The summed E-state index contributed by atoms with van der Waals surface area (Å²) in [4.78, 5) is 12.1. The number of carbonyl (C=O) groups excluding carboxylic acids is 1. The van der Waals surface area contributed by atoms with Crippen molar-refractivity contribution in [1.82, 2.24) is 5.32 Å². The Morgan fingerprint density at radius 3 is 2.31 bits per heavy atom. The summed E-state index contributed by atoms with van der Waals surface area (Å²) >= 11 is 6.65. The Bertz CT molecular complexity index is 1200. The number of alkyl carbamates (subject to hydrolysis) is 1. The molecule has 0 aliphatic carbocycles. The molecule has 0 radical (unpaired) electrons. The minimum atomic E-state index is -1.00. The van der Waals surface area contributed by atoms with Gasteiger partial charge >= 0.3 is 6.09 Å². The summed E-state index contributed by atoms with van der Waals surface area (Å²) < 4.78 is 17.2. The van der Waals surface area contributed by atoms with Gasteiger partial charge in [0.25, 0.3) is 0 Å². The molecule has 0 fully saturated rings. The molecule has 1 amide bonds. The van der Waals surface area contributed by atoms with Gasteiger partial charge in [0, 0.05) is 11.1 Å². The molecule has 3 atom stereocenters. The first kappa shape index (κ1) is 30.3. The topological polar surface area (TPSA) is 97.3 Å². The van der Waals surface area contributed by atoms with Gasteiger partial charge in [0.2, 0.25) is 0 Å². The van der Waals surface area contributed by atoms with Gasteiger partial charge in [-0.25, -0.2) is 4.79 Å². The van der Waals surface area contributed by atoms with Crippen molar-refractivity contribution in [1.29, 1.82) is 0 Å². The van der Waals surface area contributed by atoms with E-state index in [2.05, 4.69) is 5.32 Å². The molecule has 0 heterocycles. The maximum atomic E-state index is 12.1. The SMILES string of the molecule is CCC(CC(O)C(CO)NC(=O)OC(C)(C)C)c1ccc(Oc2cccc(OCc3ccccc3)c2)cc1Cl. The normalized spacial score (nSPS) is 13.7. The van der Waals surface area contributed by atoms with E-state index >= 15 is 0 Å². The zero-order valence-corrected chi connectivity index (χ0v) is 23.6. The molecule has 0 saturated heterocycles. The summed E-state index contributed by atoms with van der Waals surface area (Å²) in [6.45, 7) is 7.27. The Labute approximate surface area is 235 Å². The molecule has 0 aromatic heterocycles. The number of amides is 1. The number of halogens is 1. The average molecular weight is 556 g/mol. The lowest BCUT2D eigenvalue weighted by molar-refractivity contribution is 0.0324. The Balaban J connectivity index is 1.63. The quantitative estimate of drug-likeness (QED) is 0.226. The van der Waals surface area contributed by atoms with E-state index in [1.54, 1.807) is 26.8 Å². The second kappa shape index (κ2) is 14.2. The van der Waals surface area contributed by atoms with Crippen LogP contribution in [-0.2, 0) is 11.3 Å². The van der Waals surface area contributed by atoms with E-state index in [1.807, 2.05) is 73.7 Å². The number of hydrogen-bond donors (Lipinski definition) is 3. The molecule has 0 spiro atoms. The Hall–Kier alpha value is -3.26. The molecule has 8 heteroatoms. The van der Waals surface area contributed by atoms with E-state index in [4.69, 9.17) is 25.8 Å².